The molecule has 0 bridgehead atoms. The fourth-order valence-electron chi connectivity index (χ4n) is 2.70. The Morgan fingerprint density at radius 1 is 1.11 bits per heavy atom. The Morgan fingerprint density at radius 2 is 1.86 bits per heavy atom. The lowest BCUT2D eigenvalue weighted by Crippen LogP contribution is -2.22. The van der Waals surface area contributed by atoms with Crippen LogP contribution in [0.25, 0.3) is 5.69 Å². The topological polar surface area (TPSA) is 56.1 Å². The van der Waals surface area contributed by atoms with Gasteiger partial charge in [0.1, 0.15) is 11.6 Å². The minimum Gasteiger partial charge on any atom is -0.484 e. The number of hydrogen-bond acceptors (Lipinski definition) is 3. The van der Waals surface area contributed by atoms with Crippen LogP contribution in [0.1, 0.15) is 16.8 Å². The van der Waals surface area contributed by atoms with Gasteiger partial charge in [-0.25, -0.2) is 4.68 Å². The summed E-state index contributed by atoms with van der Waals surface area (Å²) >= 11 is 0. The predicted octanol–water partition coefficient (Wildman–Crippen LogP) is 4.53. The molecule has 3 aromatic rings. The van der Waals surface area contributed by atoms with E-state index in [-0.39, 0.29) is 18.1 Å². The molecule has 1 heterocycles. The number of ether oxygens (including phenoxy) is 1. The molecular formula is C20H18F3N3O2. The fraction of sp³-hybridized carbons (Fsp3) is 0.200. The summed E-state index contributed by atoms with van der Waals surface area (Å²) in [4.78, 5) is 12.2. The maximum Gasteiger partial charge on any atom is 0.418 e. The van der Waals surface area contributed by atoms with Crippen LogP contribution in [0.5, 0.6) is 5.75 Å². The van der Waals surface area contributed by atoms with E-state index in [1.807, 2.05) is 13.0 Å². The molecule has 0 fully saturated rings. The quantitative estimate of drug-likeness (QED) is 0.698. The van der Waals surface area contributed by atoms with Gasteiger partial charge in [-0.2, -0.15) is 18.3 Å². The third kappa shape index (κ3) is 4.51. The molecule has 1 N–H and O–H groups in total. The summed E-state index contributed by atoms with van der Waals surface area (Å²) in [6, 6.07) is 13.7. The molecule has 28 heavy (non-hydrogen) atoms. The zero-order valence-electron chi connectivity index (χ0n) is 15.2. The third-order valence-corrected chi connectivity index (χ3v) is 3.90. The van der Waals surface area contributed by atoms with Crippen molar-refractivity contribution in [3.8, 4) is 11.4 Å². The molecule has 1 amide bonds. The highest BCUT2D eigenvalue weighted by Crippen LogP contribution is 2.34. The van der Waals surface area contributed by atoms with Gasteiger partial charge in [-0.15, -0.1) is 0 Å². The van der Waals surface area contributed by atoms with E-state index in [2.05, 4.69) is 10.4 Å². The fourth-order valence-corrected chi connectivity index (χ4v) is 2.70. The van der Waals surface area contributed by atoms with Crippen molar-refractivity contribution in [2.45, 2.75) is 20.0 Å². The second-order valence-electron chi connectivity index (χ2n) is 6.25. The largest absolute Gasteiger partial charge is 0.484 e. The van der Waals surface area contributed by atoms with Crippen LogP contribution in [-0.4, -0.2) is 22.3 Å². The molecular weight excluding hydrogens is 371 g/mol. The zero-order valence-corrected chi connectivity index (χ0v) is 15.2. The second kappa shape index (κ2) is 7.75. The van der Waals surface area contributed by atoms with Crippen LogP contribution in [0.4, 0.5) is 19.0 Å². The number of anilines is 1. The summed E-state index contributed by atoms with van der Waals surface area (Å²) in [5.74, 6) is 0.154. The van der Waals surface area contributed by atoms with E-state index in [1.54, 1.807) is 25.1 Å². The average molecular weight is 389 g/mol. The van der Waals surface area contributed by atoms with Crippen LogP contribution in [0.2, 0.25) is 0 Å². The predicted molar refractivity (Wildman–Crippen MR) is 98.6 cm³/mol. The van der Waals surface area contributed by atoms with Crippen molar-refractivity contribution < 1.29 is 22.7 Å². The minimum atomic E-state index is -4.55. The SMILES string of the molecule is Cc1cccc(OCC(=O)Nc2cc(C)nn2-c2ccccc2C(F)(F)F)c1. The monoisotopic (exact) mass is 389 g/mol. The van der Waals surface area contributed by atoms with Crippen LogP contribution >= 0.6 is 0 Å². The summed E-state index contributed by atoms with van der Waals surface area (Å²) in [6.45, 7) is 3.24. The Balaban J connectivity index is 1.81. The maximum absolute atomic E-state index is 13.3. The first-order chi connectivity index (χ1) is 13.2. The van der Waals surface area contributed by atoms with E-state index >= 15 is 0 Å². The van der Waals surface area contributed by atoms with Crippen molar-refractivity contribution >= 4 is 11.7 Å². The van der Waals surface area contributed by atoms with Crippen molar-refractivity contribution in [3.63, 3.8) is 0 Å². The number of aryl methyl sites for hydroxylation is 2. The number of benzene rings is 2. The lowest BCUT2D eigenvalue weighted by molar-refractivity contribution is -0.137. The molecule has 0 radical (unpaired) electrons. The molecule has 5 nitrogen and oxygen atoms in total. The number of nitrogens with one attached hydrogen (secondary N) is 1. The number of hydrogen-bond donors (Lipinski definition) is 1. The molecule has 0 aliphatic carbocycles. The van der Waals surface area contributed by atoms with Gasteiger partial charge in [-0.3, -0.25) is 4.79 Å². The van der Waals surface area contributed by atoms with Gasteiger partial charge in [0.15, 0.2) is 6.61 Å². The number of aromatic nitrogens is 2. The smallest absolute Gasteiger partial charge is 0.418 e. The van der Waals surface area contributed by atoms with Gasteiger partial charge in [-0.1, -0.05) is 24.3 Å². The summed E-state index contributed by atoms with van der Waals surface area (Å²) in [5, 5.41) is 6.66. The van der Waals surface area contributed by atoms with Gasteiger partial charge in [0, 0.05) is 6.07 Å². The molecule has 146 valence electrons. The highest BCUT2D eigenvalue weighted by molar-refractivity contribution is 5.91. The summed E-state index contributed by atoms with van der Waals surface area (Å²) in [7, 11) is 0. The molecule has 1 aromatic heterocycles. The van der Waals surface area contributed by atoms with Gasteiger partial charge in [0.2, 0.25) is 0 Å². The van der Waals surface area contributed by atoms with E-state index in [9.17, 15) is 18.0 Å². The number of amides is 1. The molecule has 0 spiro atoms. The molecule has 0 atom stereocenters. The van der Waals surface area contributed by atoms with Crippen molar-refractivity contribution in [2.24, 2.45) is 0 Å². The summed E-state index contributed by atoms with van der Waals surface area (Å²) in [6.07, 6.45) is -4.55. The summed E-state index contributed by atoms with van der Waals surface area (Å²) < 4.78 is 46.5. The number of para-hydroxylation sites is 1. The lowest BCUT2D eigenvalue weighted by Gasteiger charge is -2.15. The Morgan fingerprint density at radius 3 is 2.57 bits per heavy atom. The van der Waals surface area contributed by atoms with Gasteiger partial charge in [0.05, 0.1) is 16.9 Å². The van der Waals surface area contributed by atoms with Crippen LogP contribution in [0, 0.1) is 13.8 Å². The Hall–Kier alpha value is -3.29. The van der Waals surface area contributed by atoms with Crippen LogP contribution in [-0.2, 0) is 11.0 Å². The summed E-state index contributed by atoms with van der Waals surface area (Å²) in [5.41, 5.74) is 0.435. The highest BCUT2D eigenvalue weighted by atomic mass is 19.4. The first-order valence-corrected chi connectivity index (χ1v) is 8.46. The van der Waals surface area contributed by atoms with Gasteiger partial charge in [-0.05, 0) is 43.7 Å². The molecule has 8 heteroatoms. The van der Waals surface area contributed by atoms with Gasteiger partial charge in [0.25, 0.3) is 5.91 Å². The molecule has 0 saturated heterocycles. The number of carbonyl (C=O) groups excluding carboxylic acids is 1. The second-order valence-corrected chi connectivity index (χ2v) is 6.25. The first kappa shape index (κ1) is 19.5. The van der Waals surface area contributed by atoms with E-state index in [0.717, 1.165) is 16.3 Å². The molecule has 0 aliphatic rings. The van der Waals surface area contributed by atoms with Gasteiger partial charge >= 0.3 is 6.18 Å². The van der Waals surface area contributed by atoms with E-state index in [0.29, 0.717) is 11.4 Å². The van der Waals surface area contributed by atoms with E-state index in [4.69, 9.17) is 4.74 Å². The normalized spacial score (nSPS) is 11.3. The standard InChI is InChI=1S/C20H18F3N3O2/c1-13-6-5-7-15(10-13)28-12-19(27)24-18-11-14(2)25-26(18)17-9-4-3-8-16(17)20(21,22)23/h3-11H,12H2,1-2H3,(H,24,27). The number of halogens is 3. The number of alkyl halides is 3. The minimum absolute atomic E-state index is 0.132. The van der Waals surface area contributed by atoms with Crippen molar-refractivity contribution in [2.75, 3.05) is 11.9 Å². The number of nitrogens with zero attached hydrogens (tertiary/aromatic N) is 2. The first-order valence-electron chi connectivity index (χ1n) is 8.46. The van der Waals surface area contributed by atoms with Crippen LogP contribution in [0.3, 0.4) is 0 Å². The van der Waals surface area contributed by atoms with Crippen molar-refractivity contribution in [1.82, 2.24) is 9.78 Å². The Bertz CT molecular complexity index is 996. The van der Waals surface area contributed by atoms with E-state index in [1.165, 1.54) is 24.3 Å². The molecule has 0 aliphatic heterocycles. The van der Waals surface area contributed by atoms with Crippen LogP contribution < -0.4 is 10.1 Å². The number of carbonyl (C=O) groups is 1. The molecule has 0 saturated carbocycles. The molecule has 3 rings (SSSR count). The number of rotatable bonds is 5. The highest BCUT2D eigenvalue weighted by Gasteiger charge is 2.34. The van der Waals surface area contributed by atoms with E-state index < -0.39 is 17.6 Å². The van der Waals surface area contributed by atoms with Crippen molar-refractivity contribution in [1.29, 1.82) is 0 Å². The zero-order chi connectivity index (χ0) is 20.3. The third-order valence-electron chi connectivity index (χ3n) is 3.90. The van der Waals surface area contributed by atoms with Gasteiger partial charge < -0.3 is 10.1 Å². The Kier molecular flexibility index (Phi) is 5.39. The average Bonchev–Trinajstić information content (AvgIpc) is 2.99. The van der Waals surface area contributed by atoms with Crippen LogP contribution in [0.15, 0.2) is 54.6 Å². The maximum atomic E-state index is 13.3. The molecule has 2 aromatic carbocycles. The molecule has 0 unspecified atom stereocenters. The Labute approximate surface area is 159 Å². The lowest BCUT2D eigenvalue weighted by atomic mass is 10.1. The van der Waals surface area contributed by atoms with Crippen molar-refractivity contribution in [3.05, 3.63) is 71.4 Å².